The van der Waals surface area contributed by atoms with Crippen molar-refractivity contribution in [3.05, 3.63) is 120 Å². The van der Waals surface area contributed by atoms with Crippen molar-refractivity contribution in [3.8, 4) is 22.3 Å². The average molecular weight is 507 g/mol. The summed E-state index contributed by atoms with van der Waals surface area (Å²) in [5.41, 5.74) is 5.02. The zero-order valence-electron chi connectivity index (χ0n) is 21.2. The van der Waals surface area contributed by atoms with Crippen LogP contribution < -0.4 is 5.32 Å². The van der Waals surface area contributed by atoms with Crippen LogP contribution in [0.25, 0.3) is 22.3 Å². The molecule has 6 heteroatoms. The molecular formula is C32H30N2O4. The summed E-state index contributed by atoms with van der Waals surface area (Å²) in [5, 5.41) is 12.4. The predicted molar refractivity (Wildman–Crippen MR) is 149 cm³/mol. The van der Waals surface area contributed by atoms with Gasteiger partial charge in [0.15, 0.2) is 0 Å². The largest absolute Gasteiger partial charge is 0.480 e. The second-order valence-electron chi connectivity index (χ2n) is 9.01. The number of carboxylic acids is 1. The molecule has 4 aromatic rings. The van der Waals surface area contributed by atoms with Crippen molar-refractivity contribution in [2.45, 2.75) is 25.8 Å². The highest BCUT2D eigenvalue weighted by Crippen LogP contribution is 2.22. The monoisotopic (exact) mass is 506 g/mol. The molecule has 0 heterocycles. The van der Waals surface area contributed by atoms with Crippen LogP contribution in [0.5, 0.6) is 0 Å². The summed E-state index contributed by atoms with van der Waals surface area (Å²) in [6.07, 6.45) is 0.629. The number of rotatable bonds is 9. The second-order valence-corrected chi connectivity index (χ2v) is 9.01. The summed E-state index contributed by atoms with van der Waals surface area (Å²) in [6.45, 7) is 2.02. The Kier molecular flexibility index (Phi) is 8.67. The number of amides is 3. The van der Waals surface area contributed by atoms with Crippen molar-refractivity contribution in [2.24, 2.45) is 0 Å². The third kappa shape index (κ3) is 6.53. The number of aliphatic carboxylic acids is 1. The van der Waals surface area contributed by atoms with Gasteiger partial charge in [0.2, 0.25) is 0 Å². The highest BCUT2D eigenvalue weighted by Gasteiger charge is 2.27. The number of hydrogen-bond donors (Lipinski definition) is 2. The summed E-state index contributed by atoms with van der Waals surface area (Å²) < 4.78 is 0. The Morgan fingerprint density at radius 1 is 0.737 bits per heavy atom. The van der Waals surface area contributed by atoms with Crippen molar-refractivity contribution in [1.82, 2.24) is 10.2 Å². The lowest BCUT2D eigenvalue weighted by Gasteiger charge is -2.24. The molecule has 3 amide bonds. The van der Waals surface area contributed by atoms with Crippen molar-refractivity contribution < 1.29 is 19.5 Å². The molecule has 6 nitrogen and oxygen atoms in total. The number of hydrogen-bond acceptors (Lipinski definition) is 3. The fourth-order valence-corrected chi connectivity index (χ4v) is 4.26. The Hall–Kier alpha value is -4.71. The molecule has 38 heavy (non-hydrogen) atoms. The van der Waals surface area contributed by atoms with Crippen LogP contribution in [0.15, 0.2) is 109 Å². The molecule has 0 aromatic heterocycles. The van der Waals surface area contributed by atoms with E-state index in [1.54, 1.807) is 18.2 Å². The molecule has 0 aliphatic rings. The van der Waals surface area contributed by atoms with Gasteiger partial charge in [-0.25, -0.2) is 9.59 Å². The number of imide groups is 1. The summed E-state index contributed by atoms with van der Waals surface area (Å²) in [7, 11) is 0. The normalized spacial score (nSPS) is 11.4. The average Bonchev–Trinajstić information content (AvgIpc) is 2.96. The van der Waals surface area contributed by atoms with Crippen LogP contribution in [0.3, 0.4) is 0 Å². The topological polar surface area (TPSA) is 86.7 Å². The molecular weight excluding hydrogens is 476 g/mol. The quantitative estimate of drug-likeness (QED) is 0.280. The van der Waals surface area contributed by atoms with E-state index in [9.17, 15) is 19.5 Å². The Bertz CT molecular complexity index is 1390. The Labute approximate surface area is 222 Å². The van der Waals surface area contributed by atoms with Gasteiger partial charge in [-0.2, -0.15) is 0 Å². The molecule has 4 aromatic carbocycles. The maximum atomic E-state index is 13.4. The summed E-state index contributed by atoms with van der Waals surface area (Å²) >= 11 is 0. The zero-order valence-corrected chi connectivity index (χ0v) is 21.2. The van der Waals surface area contributed by atoms with Crippen LogP contribution in [0.1, 0.15) is 29.3 Å². The molecule has 192 valence electrons. The third-order valence-electron chi connectivity index (χ3n) is 6.25. The van der Waals surface area contributed by atoms with Crippen LogP contribution in [-0.4, -0.2) is 40.5 Å². The minimum absolute atomic E-state index is 0.0911. The van der Waals surface area contributed by atoms with Gasteiger partial charge in [0, 0.05) is 18.5 Å². The highest BCUT2D eigenvalue weighted by molar-refractivity contribution is 6.05. The molecule has 0 fully saturated rings. The van der Waals surface area contributed by atoms with Gasteiger partial charge in [-0.3, -0.25) is 9.69 Å². The van der Waals surface area contributed by atoms with E-state index in [0.717, 1.165) is 32.7 Å². The number of urea groups is 1. The van der Waals surface area contributed by atoms with Gasteiger partial charge in [0.25, 0.3) is 5.91 Å². The number of carboxylic acid groups (broad SMARTS) is 1. The lowest BCUT2D eigenvalue weighted by atomic mass is 10.0. The molecule has 0 bridgehead atoms. The highest BCUT2D eigenvalue weighted by atomic mass is 16.4. The first kappa shape index (κ1) is 26.4. The van der Waals surface area contributed by atoms with Crippen LogP contribution in [0.4, 0.5) is 4.79 Å². The smallest absolute Gasteiger partial charge is 0.326 e. The molecule has 0 aliphatic carbocycles. The minimum atomic E-state index is -1.19. The van der Waals surface area contributed by atoms with Gasteiger partial charge in [0.05, 0.1) is 0 Å². The fourth-order valence-electron chi connectivity index (χ4n) is 4.26. The molecule has 0 saturated carbocycles. The van der Waals surface area contributed by atoms with E-state index in [1.807, 2.05) is 97.9 Å². The lowest BCUT2D eigenvalue weighted by Crippen LogP contribution is -2.51. The molecule has 0 unspecified atom stereocenters. The fraction of sp³-hybridized carbons (Fsp3) is 0.156. The number of nitrogens with one attached hydrogen (secondary N) is 1. The second kappa shape index (κ2) is 12.5. The molecule has 0 saturated heterocycles. The van der Waals surface area contributed by atoms with Crippen LogP contribution in [0, 0.1) is 0 Å². The maximum absolute atomic E-state index is 13.4. The molecule has 0 radical (unpaired) electrons. The standard InChI is InChI=1S/C32H30N2O4/c1-2-20-34(30(35)28-15-9-14-27(22-28)25-12-7-4-8-13-25)32(38)33-29(31(36)37)21-23-16-18-26(19-17-23)24-10-5-3-6-11-24/h3-19,22,29H,2,20-21H2,1H3,(H,33,38)(H,36,37)/t29-/m0/s1. The summed E-state index contributed by atoms with van der Waals surface area (Å²) in [4.78, 5) is 39.7. The van der Waals surface area contributed by atoms with Crippen molar-refractivity contribution >= 4 is 17.9 Å². The van der Waals surface area contributed by atoms with Gasteiger partial charge >= 0.3 is 12.0 Å². The third-order valence-corrected chi connectivity index (χ3v) is 6.25. The van der Waals surface area contributed by atoms with Crippen molar-refractivity contribution in [3.63, 3.8) is 0 Å². The van der Waals surface area contributed by atoms with E-state index >= 15 is 0 Å². The molecule has 2 N–H and O–H groups in total. The summed E-state index contributed by atoms with van der Waals surface area (Å²) in [6, 6.07) is 32.3. The maximum Gasteiger partial charge on any atom is 0.326 e. The van der Waals surface area contributed by atoms with E-state index in [-0.39, 0.29) is 13.0 Å². The number of nitrogens with zero attached hydrogens (tertiary/aromatic N) is 1. The lowest BCUT2D eigenvalue weighted by molar-refractivity contribution is -0.139. The number of carbonyl (C=O) groups excluding carboxylic acids is 2. The minimum Gasteiger partial charge on any atom is -0.480 e. The zero-order chi connectivity index (χ0) is 26.9. The van der Waals surface area contributed by atoms with Gasteiger partial charge in [-0.1, -0.05) is 104 Å². The van der Waals surface area contributed by atoms with Crippen molar-refractivity contribution in [1.29, 1.82) is 0 Å². The van der Waals surface area contributed by atoms with E-state index in [4.69, 9.17) is 0 Å². The first-order chi connectivity index (χ1) is 18.5. The Balaban J connectivity index is 1.48. The Morgan fingerprint density at radius 3 is 1.87 bits per heavy atom. The van der Waals surface area contributed by atoms with Crippen LogP contribution >= 0.6 is 0 Å². The van der Waals surface area contributed by atoms with Crippen molar-refractivity contribution in [2.75, 3.05) is 6.54 Å². The van der Waals surface area contributed by atoms with Gasteiger partial charge in [-0.05, 0) is 46.4 Å². The SMILES string of the molecule is CCCN(C(=O)N[C@@H](Cc1ccc(-c2ccccc2)cc1)C(=O)O)C(=O)c1cccc(-c2ccccc2)c1. The van der Waals surface area contributed by atoms with E-state index in [0.29, 0.717) is 12.0 Å². The molecule has 0 spiro atoms. The van der Waals surface area contributed by atoms with E-state index in [2.05, 4.69) is 5.32 Å². The predicted octanol–water partition coefficient (Wildman–Crippen LogP) is 6.28. The van der Waals surface area contributed by atoms with Gasteiger partial charge in [0.1, 0.15) is 6.04 Å². The first-order valence-electron chi connectivity index (χ1n) is 12.6. The Morgan fingerprint density at radius 2 is 1.29 bits per heavy atom. The number of benzene rings is 4. The van der Waals surface area contributed by atoms with Crippen LogP contribution in [-0.2, 0) is 11.2 Å². The summed E-state index contributed by atoms with van der Waals surface area (Å²) in [5.74, 6) is -1.64. The van der Waals surface area contributed by atoms with E-state index < -0.39 is 23.9 Å². The first-order valence-corrected chi connectivity index (χ1v) is 12.6. The van der Waals surface area contributed by atoms with Crippen LogP contribution in [0.2, 0.25) is 0 Å². The van der Waals surface area contributed by atoms with E-state index in [1.165, 1.54) is 0 Å². The number of carbonyl (C=O) groups is 3. The molecule has 0 aliphatic heterocycles. The van der Waals surface area contributed by atoms with Gasteiger partial charge in [-0.15, -0.1) is 0 Å². The molecule has 1 atom stereocenters. The molecule has 4 rings (SSSR count). The van der Waals surface area contributed by atoms with Gasteiger partial charge < -0.3 is 10.4 Å².